The number of nitrogens with zero attached hydrogens (tertiary/aromatic N) is 2. The number of H-pyrrole nitrogens is 1. The number of phenolic OH excluding ortho intramolecular Hbond substituents is 1. The van der Waals surface area contributed by atoms with E-state index in [9.17, 15) is 18.3 Å². The number of sulfonamides is 1. The number of carbonyl (C=O) groups is 1. The first-order valence-corrected chi connectivity index (χ1v) is 12.1. The summed E-state index contributed by atoms with van der Waals surface area (Å²) in [5, 5.41) is 19.5. The van der Waals surface area contributed by atoms with Crippen LogP contribution >= 0.6 is 0 Å². The first-order valence-electron chi connectivity index (χ1n) is 10.7. The molecule has 3 N–H and O–H groups in total. The number of hydrogen-bond acceptors (Lipinski definition) is 5. The molecule has 1 fully saturated rings. The quantitative estimate of drug-likeness (QED) is 0.521. The highest BCUT2D eigenvalue weighted by molar-refractivity contribution is 7.89. The molecule has 1 aliphatic rings. The second-order valence-electron chi connectivity index (χ2n) is 7.84. The predicted octanol–water partition coefficient (Wildman–Crippen LogP) is 3.99. The van der Waals surface area contributed by atoms with Crippen molar-refractivity contribution in [1.29, 1.82) is 0 Å². The van der Waals surface area contributed by atoms with Gasteiger partial charge in [-0.05, 0) is 61.7 Å². The molecule has 3 aromatic rings. The Bertz CT molecular complexity index is 1200. The van der Waals surface area contributed by atoms with E-state index < -0.39 is 15.9 Å². The first kappa shape index (κ1) is 22.0. The summed E-state index contributed by atoms with van der Waals surface area (Å²) in [5.41, 5.74) is 1.65. The highest BCUT2D eigenvalue weighted by Gasteiger charge is 2.32. The van der Waals surface area contributed by atoms with Crippen molar-refractivity contribution in [3.63, 3.8) is 0 Å². The van der Waals surface area contributed by atoms with Crippen molar-refractivity contribution in [3.05, 3.63) is 60.3 Å². The summed E-state index contributed by atoms with van der Waals surface area (Å²) in [6, 6.07) is 14.5. The maximum Gasteiger partial charge on any atom is 0.273 e. The van der Waals surface area contributed by atoms with Crippen LogP contribution in [0.5, 0.6) is 5.75 Å². The molecule has 1 atom stereocenters. The summed E-state index contributed by atoms with van der Waals surface area (Å²) in [4.78, 5) is 12.8. The number of aromatic nitrogens is 2. The normalized spacial score (nSPS) is 17.2. The topological polar surface area (TPSA) is 115 Å². The van der Waals surface area contributed by atoms with Gasteiger partial charge >= 0.3 is 0 Å². The lowest BCUT2D eigenvalue weighted by atomic mass is 10.0. The highest BCUT2D eigenvalue weighted by atomic mass is 32.2. The minimum atomic E-state index is -3.57. The summed E-state index contributed by atoms with van der Waals surface area (Å²) in [6.07, 6.45) is 3.60. The van der Waals surface area contributed by atoms with E-state index >= 15 is 0 Å². The van der Waals surface area contributed by atoms with E-state index in [0.29, 0.717) is 23.5 Å². The van der Waals surface area contributed by atoms with Crippen LogP contribution in [0.4, 0.5) is 5.69 Å². The number of aromatic amines is 1. The van der Waals surface area contributed by atoms with Gasteiger partial charge in [0.15, 0.2) is 0 Å². The molecule has 2 heterocycles. The minimum absolute atomic E-state index is 0.0340. The van der Waals surface area contributed by atoms with Gasteiger partial charge in [0.05, 0.1) is 10.6 Å². The first-order chi connectivity index (χ1) is 15.4. The summed E-state index contributed by atoms with van der Waals surface area (Å²) < 4.78 is 27.8. The van der Waals surface area contributed by atoms with Crippen molar-refractivity contribution in [1.82, 2.24) is 14.5 Å². The molecule has 1 amide bonds. The fourth-order valence-corrected chi connectivity index (χ4v) is 5.78. The van der Waals surface area contributed by atoms with E-state index in [4.69, 9.17) is 0 Å². The van der Waals surface area contributed by atoms with E-state index in [1.165, 1.54) is 12.1 Å². The number of phenols is 1. The molecule has 168 valence electrons. The van der Waals surface area contributed by atoms with Gasteiger partial charge in [0.1, 0.15) is 11.4 Å². The second-order valence-corrected chi connectivity index (χ2v) is 9.73. The van der Waals surface area contributed by atoms with E-state index in [0.717, 1.165) is 25.7 Å². The zero-order valence-electron chi connectivity index (χ0n) is 17.8. The molecular weight excluding hydrogens is 428 g/mol. The van der Waals surface area contributed by atoms with Gasteiger partial charge in [-0.2, -0.15) is 9.40 Å². The van der Waals surface area contributed by atoms with E-state index in [1.54, 1.807) is 46.8 Å². The van der Waals surface area contributed by atoms with Crippen LogP contribution in [0.15, 0.2) is 59.5 Å². The molecule has 0 unspecified atom stereocenters. The SMILES string of the molecule is CC[C@H]1CCCCN1S(=O)(=O)c1ccc(NC(=O)c2cc(-c3ccccc3O)n[nH]2)cc1. The van der Waals surface area contributed by atoms with E-state index in [2.05, 4.69) is 15.5 Å². The fourth-order valence-electron chi connectivity index (χ4n) is 4.01. The number of carbonyl (C=O) groups excluding carboxylic acids is 1. The molecule has 1 saturated heterocycles. The van der Waals surface area contributed by atoms with Crippen LogP contribution in [-0.4, -0.2) is 46.5 Å². The van der Waals surface area contributed by atoms with Gasteiger partial charge in [-0.25, -0.2) is 8.42 Å². The van der Waals surface area contributed by atoms with Crippen molar-refractivity contribution in [2.75, 3.05) is 11.9 Å². The third-order valence-corrected chi connectivity index (χ3v) is 7.73. The number of aromatic hydroxyl groups is 1. The molecule has 0 radical (unpaired) electrons. The Labute approximate surface area is 187 Å². The van der Waals surface area contributed by atoms with Gasteiger partial charge in [0.25, 0.3) is 5.91 Å². The molecule has 9 heteroatoms. The van der Waals surface area contributed by atoms with Gasteiger partial charge in [0, 0.05) is 23.8 Å². The van der Waals surface area contributed by atoms with Gasteiger partial charge < -0.3 is 10.4 Å². The van der Waals surface area contributed by atoms with Crippen molar-refractivity contribution < 1.29 is 18.3 Å². The Balaban J connectivity index is 1.47. The Kier molecular flexibility index (Phi) is 6.29. The number of anilines is 1. The standard InChI is InChI=1S/C23H26N4O4S/c1-2-17-7-5-6-14-27(17)32(30,31)18-12-10-16(11-13-18)24-23(29)21-15-20(25-26-21)19-8-3-4-9-22(19)28/h3-4,8-13,15,17,28H,2,5-7,14H2,1H3,(H,24,29)(H,25,26)/t17-/m0/s1. The molecule has 0 aliphatic carbocycles. The van der Waals surface area contributed by atoms with Gasteiger partial charge in [-0.1, -0.05) is 25.5 Å². The van der Waals surface area contributed by atoms with E-state index in [1.807, 2.05) is 6.92 Å². The smallest absolute Gasteiger partial charge is 0.273 e. The molecule has 32 heavy (non-hydrogen) atoms. The monoisotopic (exact) mass is 454 g/mol. The number of piperidine rings is 1. The second kappa shape index (κ2) is 9.13. The number of hydrogen-bond donors (Lipinski definition) is 3. The predicted molar refractivity (Wildman–Crippen MR) is 122 cm³/mol. The minimum Gasteiger partial charge on any atom is -0.507 e. The zero-order valence-corrected chi connectivity index (χ0v) is 18.6. The molecule has 0 spiro atoms. The Morgan fingerprint density at radius 3 is 2.66 bits per heavy atom. The molecule has 8 nitrogen and oxygen atoms in total. The summed E-state index contributed by atoms with van der Waals surface area (Å²) >= 11 is 0. The summed E-state index contributed by atoms with van der Waals surface area (Å²) in [6.45, 7) is 2.55. The van der Waals surface area contributed by atoms with Gasteiger partial charge in [-0.15, -0.1) is 0 Å². The average Bonchev–Trinajstić information content (AvgIpc) is 3.30. The number of rotatable bonds is 6. The summed E-state index contributed by atoms with van der Waals surface area (Å²) in [5.74, 6) is -0.348. The van der Waals surface area contributed by atoms with Crippen LogP contribution in [-0.2, 0) is 10.0 Å². The third-order valence-electron chi connectivity index (χ3n) is 5.77. The lowest BCUT2D eigenvalue weighted by molar-refractivity contribution is 0.102. The van der Waals surface area contributed by atoms with Crippen molar-refractivity contribution in [2.45, 2.75) is 43.5 Å². The Morgan fingerprint density at radius 1 is 1.19 bits per heavy atom. The number of amides is 1. The molecule has 0 saturated carbocycles. The van der Waals surface area contributed by atoms with Crippen LogP contribution in [0.25, 0.3) is 11.3 Å². The third kappa shape index (κ3) is 4.39. The molecule has 1 aromatic heterocycles. The molecule has 1 aliphatic heterocycles. The van der Waals surface area contributed by atoms with Gasteiger partial charge in [-0.3, -0.25) is 9.89 Å². The van der Waals surface area contributed by atoms with E-state index in [-0.39, 0.29) is 22.4 Å². The fraction of sp³-hybridized carbons (Fsp3) is 0.304. The maximum atomic E-state index is 13.1. The largest absolute Gasteiger partial charge is 0.507 e. The van der Waals surface area contributed by atoms with Gasteiger partial charge in [0.2, 0.25) is 10.0 Å². The Hall–Kier alpha value is -3.17. The van der Waals surface area contributed by atoms with Crippen LogP contribution in [0.1, 0.15) is 43.1 Å². The van der Waals surface area contributed by atoms with Crippen LogP contribution in [0.3, 0.4) is 0 Å². The Morgan fingerprint density at radius 2 is 1.94 bits per heavy atom. The number of para-hydroxylation sites is 1. The molecular formula is C23H26N4O4S. The van der Waals surface area contributed by atoms with Crippen LogP contribution in [0, 0.1) is 0 Å². The lowest BCUT2D eigenvalue weighted by Crippen LogP contribution is -2.43. The number of benzene rings is 2. The number of nitrogens with one attached hydrogen (secondary N) is 2. The van der Waals surface area contributed by atoms with Crippen molar-refractivity contribution >= 4 is 21.6 Å². The maximum absolute atomic E-state index is 13.1. The lowest BCUT2D eigenvalue weighted by Gasteiger charge is -2.34. The molecule has 0 bridgehead atoms. The zero-order chi connectivity index (χ0) is 22.7. The highest BCUT2D eigenvalue weighted by Crippen LogP contribution is 2.29. The molecule has 2 aromatic carbocycles. The van der Waals surface area contributed by atoms with Crippen LogP contribution < -0.4 is 5.32 Å². The van der Waals surface area contributed by atoms with Crippen molar-refractivity contribution in [3.8, 4) is 17.0 Å². The average molecular weight is 455 g/mol. The van der Waals surface area contributed by atoms with Crippen molar-refractivity contribution in [2.24, 2.45) is 0 Å². The summed E-state index contributed by atoms with van der Waals surface area (Å²) in [7, 11) is -3.57. The molecule has 4 rings (SSSR count). The van der Waals surface area contributed by atoms with Crippen LogP contribution in [0.2, 0.25) is 0 Å².